The second-order valence-electron chi connectivity index (χ2n) is 4.99. The molecule has 2 rings (SSSR count). The van der Waals surface area contributed by atoms with E-state index in [4.69, 9.17) is 23.2 Å². The summed E-state index contributed by atoms with van der Waals surface area (Å²) in [6, 6.07) is 3.99. The maximum absolute atomic E-state index is 12.4. The Hall–Kier alpha value is -0.330. The Bertz CT molecular complexity index is 577. The smallest absolute Gasteiger partial charge is 0.242 e. The maximum Gasteiger partial charge on any atom is 0.242 e. The zero-order valence-electron chi connectivity index (χ0n) is 10.9. The highest BCUT2D eigenvalue weighted by atomic mass is 35.5. The molecule has 0 radical (unpaired) electrons. The molecule has 0 aliphatic heterocycles. The maximum atomic E-state index is 12.4. The lowest BCUT2D eigenvalue weighted by atomic mass is 10.1. The molecule has 2 N–H and O–H groups in total. The summed E-state index contributed by atoms with van der Waals surface area (Å²) < 4.78 is 27.3. The minimum absolute atomic E-state index is 0.00442. The van der Waals surface area contributed by atoms with Crippen molar-refractivity contribution < 1.29 is 13.5 Å². The normalized spacial score (nSPS) is 24.4. The minimum Gasteiger partial charge on any atom is -0.391 e. The van der Waals surface area contributed by atoms with E-state index in [1.807, 2.05) is 0 Å². The van der Waals surface area contributed by atoms with Crippen molar-refractivity contribution in [2.24, 2.45) is 0 Å². The average molecular weight is 338 g/mol. The molecule has 0 amide bonds. The number of aliphatic hydroxyl groups excluding tert-OH is 1. The first-order valence-electron chi connectivity index (χ1n) is 6.56. The van der Waals surface area contributed by atoms with E-state index in [1.165, 1.54) is 18.2 Å². The van der Waals surface area contributed by atoms with Gasteiger partial charge in [0.25, 0.3) is 0 Å². The Morgan fingerprint density at radius 1 is 1.15 bits per heavy atom. The molecular formula is C13H17Cl2NO3S. The van der Waals surface area contributed by atoms with Gasteiger partial charge in [-0.1, -0.05) is 48.5 Å². The average Bonchev–Trinajstić information content (AvgIpc) is 2.58. The number of hydrogen-bond acceptors (Lipinski definition) is 3. The molecule has 0 bridgehead atoms. The molecule has 1 aromatic rings. The first kappa shape index (κ1) is 16.0. The van der Waals surface area contributed by atoms with Crippen LogP contribution in [0.5, 0.6) is 0 Å². The number of hydrogen-bond donors (Lipinski definition) is 2. The molecule has 7 heteroatoms. The van der Waals surface area contributed by atoms with Crippen LogP contribution in [0.15, 0.2) is 23.1 Å². The fourth-order valence-electron chi connectivity index (χ4n) is 2.38. The van der Waals surface area contributed by atoms with Gasteiger partial charge in [0.05, 0.1) is 16.1 Å². The van der Waals surface area contributed by atoms with Crippen molar-refractivity contribution in [3.05, 3.63) is 28.2 Å². The van der Waals surface area contributed by atoms with E-state index in [2.05, 4.69) is 4.72 Å². The largest absolute Gasteiger partial charge is 0.391 e. The number of nitrogens with one attached hydrogen (secondary N) is 1. The molecule has 0 aromatic heterocycles. The van der Waals surface area contributed by atoms with E-state index < -0.39 is 22.2 Å². The standard InChI is InChI=1S/C13H17Cl2NO3S/c14-9-5-4-8-12(13(9)15)20(18,19)16-10-6-2-1-3-7-11(10)17/h4-5,8,10-11,16-17H,1-3,6-7H2. The Morgan fingerprint density at radius 2 is 1.85 bits per heavy atom. The monoisotopic (exact) mass is 337 g/mol. The zero-order valence-corrected chi connectivity index (χ0v) is 13.2. The van der Waals surface area contributed by atoms with E-state index in [1.54, 1.807) is 0 Å². The molecule has 112 valence electrons. The van der Waals surface area contributed by atoms with Gasteiger partial charge >= 0.3 is 0 Å². The number of sulfonamides is 1. The van der Waals surface area contributed by atoms with Gasteiger partial charge in [-0.3, -0.25) is 0 Å². The van der Waals surface area contributed by atoms with Gasteiger partial charge in [0.2, 0.25) is 10.0 Å². The Morgan fingerprint density at radius 3 is 2.60 bits per heavy atom. The molecule has 20 heavy (non-hydrogen) atoms. The molecule has 1 aliphatic carbocycles. The van der Waals surface area contributed by atoms with Crippen LogP contribution in [-0.2, 0) is 10.0 Å². The third-order valence-corrected chi connectivity index (χ3v) is 5.95. The lowest BCUT2D eigenvalue weighted by molar-refractivity contribution is 0.130. The van der Waals surface area contributed by atoms with Crippen LogP contribution in [0.1, 0.15) is 32.1 Å². The molecule has 0 spiro atoms. The summed E-state index contributed by atoms with van der Waals surface area (Å²) >= 11 is 11.8. The molecule has 2 unspecified atom stereocenters. The van der Waals surface area contributed by atoms with Gasteiger partial charge < -0.3 is 5.11 Å². The van der Waals surface area contributed by atoms with Crippen molar-refractivity contribution in [2.75, 3.05) is 0 Å². The second kappa shape index (κ2) is 6.62. The third kappa shape index (κ3) is 3.65. The van der Waals surface area contributed by atoms with Crippen LogP contribution < -0.4 is 4.72 Å². The SMILES string of the molecule is O=S(=O)(NC1CCCCCC1O)c1cccc(Cl)c1Cl. The molecule has 1 aliphatic rings. The van der Waals surface area contributed by atoms with Crippen molar-refractivity contribution in [3.63, 3.8) is 0 Å². The summed E-state index contributed by atoms with van der Waals surface area (Å²) in [6.07, 6.45) is 3.39. The van der Waals surface area contributed by atoms with Gasteiger partial charge in [-0.05, 0) is 25.0 Å². The van der Waals surface area contributed by atoms with Crippen LogP contribution >= 0.6 is 23.2 Å². The Labute approximate surface area is 129 Å². The number of aliphatic hydroxyl groups is 1. The van der Waals surface area contributed by atoms with Gasteiger partial charge in [-0.15, -0.1) is 0 Å². The quantitative estimate of drug-likeness (QED) is 0.833. The van der Waals surface area contributed by atoms with Crippen LogP contribution in [0.3, 0.4) is 0 Å². The van der Waals surface area contributed by atoms with Crippen molar-refractivity contribution in [1.29, 1.82) is 0 Å². The van der Waals surface area contributed by atoms with Crippen LogP contribution in [0.2, 0.25) is 10.0 Å². The van der Waals surface area contributed by atoms with E-state index in [0.717, 1.165) is 19.3 Å². The summed E-state index contributed by atoms with van der Waals surface area (Å²) in [5.74, 6) is 0. The van der Waals surface area contributed by atoms with Crippen molar-refractivity contribution in [3.8, 4) is 0 Å². The van der Waals surface area contributed by atoms with E-state index in [9.17, 15) is 13.5 Å². The van der Waals surface area contributed by atoms with Crippen LogP contribution in [0.4, 0.5) is 0 Å². The van der Waals surface area contributed by atoms with Crippen LogP contribution in [0, 0.1) is 0 Å². The van der Waals surface area contributed by atoms with Gasteiger partial charge in [0, 0.05) is 6.04 Å². The highest BCUT2D eigenvalue weighted by molar-refractivity contribution is 7.89. The van der Waals surface area contributed by atoms with Crippen molar-refractivity contribution in [2.45, 2.75) is 49.1 Å². The zero-order chi connectivity index (χ0) is 14.8. The van der Waals surface area contributed by atoms with Gasteiger partial charge in [0.15, 0.2) is 0 Å². The topological polar surface area (TPSA) is 66.4 Å². The van der Waals surface area contributed by atoms with Crippen LogP contribution in [0.25, 0.3) is 0 Å². The molecule has 0 saturated heterocycles. The van der Waals surface area contributed by atoms with Gasteiger partial charge in [-0.25, -0.2) is 13.1 Å². The molecule has 2 atom stereocenters. The highest BCUT2D eigenvalue weighted by Gasteiger charge is 2.28. The lowest BCUT2D eigenvalue weighted by Gasteiger charge is -2.22. The Balaban J connectivity index is 2.24. The molecule has 0 heterocycles. The van der Waals surface area contributed by atoms with E-state index in [0.29, 0.717) is 12.8 Å². The molecule has 4 nitrogen and oxygen atoms in total. The fraction of sp³-hybridized carbons (Fsp3) is 0.538. The summed E-state index contributed by atoms with van der Waals surface area (Å²) in [4.78, 5) is -0.0527. The molecular weight excluding hydrogens is 321 g/mol. The number of halogens is 2. The van der Waals surface area contributed by atoms with E-state index in [-0.39, 0.29) is 14.9 Å². The third-order valence-electron chi connectivity index (χ3n) is 3.49. The van der Waals surface area contributed by atoms with Crippen molar-refractivity contribution in [1.82, 2.24) is 4.72 Å². The predicted octanol–water partition coefficient (Wildman–Crippen LogP) is 2.97. The summed E-state index contributed by atoms with van der Waals surface area (Å²) in [5, 5.41) is 10.2. The van der Waals surface area contributed by atoms with E-state index >= 15 is 0 Å². The molecule has 1 aromatic carbocycles. The van der Waals surface area contributed by atoms with Crippen LogP contribution in [-0.4, -0.2) is 25.7 Å². The summed E-state index contributed by atoms with van der Waals surface area (Å²) in [5.41, 5.74) is 0. The summed E-state index contributed by atoms with van der Waals surface area (Å²) in [6.45, 7) is 0. The lowest BCUT2D eigenvalue weighted by Crippen LogP contribution is -2.42. The molecule has 1 saturated carbocycles. The number of benzene rings is 1. The van der Waals surface area contributed by atoms with Crippen molar-refractivity contribution >= 4 is 33.2 Å². The first-order valence-corrected chi connectivity index (χ1v) is 8.80. The number of rotatable bonds is 3. The minimum atomic E-state index is -3.79. The highest BCUT2D eigenvalue weighted by Crippen LogP contribution is 2.29. The fourth-order valence-corrected chi connectivity index (χ4v) is 4.45. The summed E-state index contributed by atoms with van der Waals surface area (Å²) in [7, 11) is -3.79. The molecule has 1 fully saturated rings. The Kier molecular flexibility index (Phi) is 5.31. The predicted molar refractivity (Wildman–Crippen MR) is 79.7 cm³/mol. The van der Waals surface area contributed by atoms with Gasteiger partial charge in [0.1, 0.15) is 4.90 Å². The van der Waals surface area contributed by atoms with Gasteiger partial charge in [-0.2, -0.15) is 0 Å². The second-order valence-corrected chi connectivity index (χ2v) is 7.45. The first-order chi connectivity index (χ1) is 9.42.